The maximum Gasteiger partial charge on any atom is 0.277 e. The molecule has 2 amide bonds. The number of pyridine rings is 2. The van der Waals surface area contributed by atoms with E-state index in [1.54, 1.807) is 30.0 Å². The van der Waals surface area contributed by atoms with E-state index in [0.717, 1.165) is 11.1 Å². The summed E-state index contributed by atoms with van der Waals surface area (Å²) in [6.45, 7) is 0. The molecular formula is C23H16N6O3. The van der Waals surface area contributed by atoms with E-state index in [9.17, 15) is 9.59 Å². The molecule has 0 aliphatic heterocycles. The van der Waals surface area contributed by atoms with E-state index in [4.69, 9.17) is 5.21 Å². The van der Waals surface area contributed by atoms with Gasteiger partial charge in [0.05, 0.1) is 5.69 Å². The summed E-state index contributed by atoms with van der Waals surface area (Å²) in [6.07, 6.45) is 4.88. The molecule has 0 spiro atoms. The molecule has 1 aromatic carbocycles. The summed E-state index contributed by atoms with van der Waals surface area (Å²) >= 11 is 0. The van der Waals surface area contributed by atoms with Crippen molar-refractivity contribution in [2.75, 3.05) is 5.32 Å². The number of rotatable bonds is 4. The van der Waals surface area contributed by atoms with Crippen molar-refractivity contribution in [1.29, 1.82) is 0 Å². The Balaban J connectivity index is 1.62. The number of carbonyl (C=O) groups is 2. The summed E-state index contributed by atoms with van der Waals surface area (Å²) in [5.74, 6) is 5.00. The number of nitrogens with zero attached hydrogens (tertiary/aromatic N) is 3. The Morgan fingerprint density at radius 3 is 2.47 bits per heavy atom. The van der Waals surface area contributed by atoms with Crippen LogP contribution in [0.2, 0.25) is 0 Å². The molecule has 0 saturated heterocycles. The van der Waals surface area contributed by atoms with Crippen LogP contribution in [0, 0.1) is 11.8 Å². The summed E-state index contributed by atoms with van der Waals surface area (Å²) in [4.78, 5) is 32.7. The van der Waals surface area contributed by atoms with Crippen molar-refractivity contribution in [1.82, 2.24) is 25.6 Å². The number of aromatic amines is 1. The summed E-state index contributed by atoms with van der Waals surface area (Å²) in [5, 5.41) is 18.0. The van der Waals surface area contributed by atoms with E-state index < -0.39 is 11.8 Å². The summed E-state index contributed by atoms with van der Waals surface area (Å²) in [5.41, 5.74) is 4.59. The molecule has 0 unspecified atom stereocenters. The summed E-state index contributed by atoms with van der Waals surface area (Å²) < 4.78 is 0. The Bertz CT molecular complexity index is 1310. The SMILES string of the molecule is O=C(NO)c1cc(NC(=O)c2cc[nH]n2)nc(-c2ccc(C#Cc3cccnc3)cc2)c1. The number of amides is 2. The Morgan fingerprint density at radius 1 is 0.969 bits per heavy atom. The predicted molar refractivity (Wildman–Crippen MR) is 116 cm³/mol. The maximum atomic E-state index is 12.3. The molecular weight excluding hydrogens is 408 g/mol. The molecule has 0 atom stereocenters. The topological polar surface area (TPSA) is 133 Å². The lowest BCUT2D eigenvalue weighted by Crippen LogP contribution is -2.20. The van der Waals surface area contributed by atoms with Gasteiger partial charge in [0.25, 0.3) is 11.8 Å². The van der Waals surface area contributed by atoms with Gasteiger partial charge in [0.15, 0.2) is 0 Å². The van der Waals surface area contributed by atoms with Gasteiger partial charge in [-0.1, -0.05) is 24.0 Å². The highest BCUT2D eigenvalue weighted by atomic mass is 16.5. The highest BCUT2D eigenvalue weighted by molar-refractivity contribution is 6.03. The molecule has 0 aliphatic rings. The molecule has 4 N–H and O–H groups in total. The van der Waals surface area contributed by atoms with Gasteiger partial charge in [-0.05, 0) is 42.5 Å². The number of anilines is 1. The zero-order valence-electron chi connectivity index (χ0n) is 16.5. The molecule has 0 bridgehead atoms. The van der Waals surface area contributed by atoms with Crippen molar-refractivity contribution in [3.8, 4) is 23.1 Å². The van der Waals surface area contributed by atoms with Crippen LogP contribution in [0.5, 0.6) is 0 Å². The van der Waals surface area contributed by atoms with Crippen LogP contribution in [-0.4, -0.2) is 37.2 Å². The number of aromatic nitrogens is 4. The van der Waals surface area contributed by atoms with Crippen molar-refractivity contribution in [3.63, 3.8) is 0 Å². The van der Waals surface area contributed by atoms with Gasteiger partial charge in [-0.2, -0.15) is 5.10 Å². The van der Waals surface area contributed by atoms with Gasteiger partial charge in [-0.15, -0.1) is 0 Å². The smallest absolute Gasteiger partial charge is 0.277 e. The van der Waals surface area contributed by atoms with Crippen LogP contribution in [0.4, 0.5) is 5.82 Å². The monoisotopic (exact) mass is 424 g/mol. The van der Waals surface area contributed by atoms with E-state index in [1.165, 1.54) is 24.4 Å². The molecule has 32 heavy (non-hydrogen) atoms. The van der Waals surface area contributed by atoms with Gasteiger partial charge < -0.3 is 5.32 Å². The van der Waals surface area contributed by atoms with E-state index in [1.807, 2.05) is 24.3 Å². The third-order valence-corrected chi connectivity index (χ3v) is 4.36. The number of benzene rings is 1. The van der Waals surface area contributed by atoms with Crippen LogP contribution in [0.1, 0.15) is 32.0 Å². The zero-order chi connectivity index (χ0) is 22.3. The van der Waals surface area contributed by atoms with Crippen LogP contribution in [-0.2, 0) is 0 Å². The molecule has 9 heteroatoms. The van der Waals surface area contributed by atoms with Crippen molar-refractivity contribution >= 4 is 17.6 Å². The third kappa shape index (κ3) is 4.84. The van der Waals surface area contributed by atoms with Gasteiger partial charge in [0, 0.05) is 40.8 Å². The van der Waals surface area contributed by atoms with Crippen LogP contribution in [0.3, 0.4) is 0 Å². The first-order valence-corrected chi connectivity index (χ1v) is 9.42. The first kappa shape index (κ1) is 20.5. The minimum atomic E-state index is -0.733. The van der Waals surface area contributed by atoms with Gasteiger partial charge in [0.1, 0.15) is 11.5 Å². The Kier molecular flexibility index (Phi) is 5.97. The molecule has 3 aromatic heterocycles. The predicted octanol–water partition coefficient (Wildman–Crippen LogP) is 2.64. The van der Waals surface area contributed by atoms with E-state index in [-0.39, 0.29) is 17.1 Å². The fourth-order valence-corrected chi connectivity index (χ4v) is 2.81. The lowest BCUT2D eigenvalue weighted by molar-refractivity contribution is 0.0706. The second-order valence-corrected chi connectivity index (χ2v) is 6.55. The van der Waals surface area contributed by atoms with Crippen molar-refractivity contribution in [3.05, 3.63) is 95.6 Å². The molecule has 9 nitrogen and oxygen atoms in total. The second-order valence-electron chi connectivity index (χ2n) is 6.55. The minimum absolute atomic E-state index is 0.121. The molecule has 0 fully saturated rings. The van der Waals surface area contributed by atoms with Crippen LogP contribution in [0.15, 0.2) is 73.2 Å². The molecule has 0 saturated carbocycles. The van der Waals surface area contributed by atoms with Crippen molar-refractivity contribution < 1.29 is 14.8 Å². The molecule has 0 aliphatic carbocycles. The third-order valence-electron chi connectivity index (χ3n) is 4.36. The van der Waals surface area contributed by atoms with Crippen LogP contribution < -0.4 is 10.8 Å². The number of hydroxylamine groups is 1. The lowest BCUT2D eigenvalue weighted by atomic mass is 10.1. The number of hydrogen-bond donors (Lipinski definition) is 4. The number of carbonyl (C=O) groups excluding carboxylic acids is 2. The Hall–Kier alpha value is -4.81. The summed E-state index contributed by atoms with van der Waals surface area (Å²) in [7, 11) is 0. The highest BCUT2D eigenvalue weighted by Crippen LogP contribution is 2.22. The molecule has 4 rings (SSSR count). The van der Waals surface area contributed by atoms with Crippen molar-refractivity contribution in [2.45, 2.75) is 0 Å². The van der Waals surface area contributed by atoms with Crippen LogP contribution in [0.25, 0.3) is 11.3 Å². The van der Waals surface area contributed by atoms with Gasteiger partial charge >= 0.3 is 0 Å². The fraction of sp³-hybridized carbons (Fsp3) is 0. The van der Waals surface area contributed by atoms with Gasteiger partial charge in [-0.25, -0.2) is 10.5 Å². The lowest BCUT2D eigenvalue weighted by Gasteiger charge is -2.09. The molecule has 4 aromatic rings. The zero-order valence-corrected chi connectivity index (χ0v) is 16.5. The highest BCUT2D eigenvalue weighted by Gasteiger charge is 2.14. The average Bonchev–Trinajstić information content (AvgIpc) is 3.38. The molecule has 156 valence electrons. The minimum Gasteiger partial charge on any atom is -0.305 e. The van der Waals surface area contributed by atoms with Gasteiger partial charge in [0.2, 0.25) is 0 Å². The Morgan fingerprint density at radius 2 is 1.78 bits per heavy atom. The largest absolute Gasteiger partial charge is 0.305 e. The first-order chi connectivity index (χ1) is 15.6. The molecule has 3 heterocycles. The number of nitrogens with one attached hydrogen (secondary N) is 3. The van der Waals surface area contributed by atoms with Crippen LogP contribution >= 0.6 is 0 Å². The quantitative estimate of drug-likeness (QED) is 0.226. The first-order valence-electron chi connectivity index (χ1n) is 9.42. The van der Waals surface area contributed by atoms with E-state index >= 15 is 0 Å². The van der Waals surface area contributed by atoms with Crippen molar-refractivity contribution in [2.24, 2.45) is 0 Å². The average molecular weight is 424 g/mol. The summed E-state index contributed by atoms with van der Waals surface area (Å²) in [6, 6.07) is 15.3. The molecule has 0 radical (unpaired) electrons. The van der Waals surface area contributed by atoms with E-state index in [0.29, 0.717) is 11.3 Å². The van der Waals surface area contributed by atoms with Gasteiger partial charge in [-0.3, -0.25) is 24.9 Å². The number of H-pyrrole nitrogens is 1. The Labute approximate surface area is 182 Å². The van der Waals surface area contributed by atoms with E-state index in [2.05, 4.69) is 37.3 Å². The second kappa shape index (κ2) is 9.34. The standard InChI is InChI=1S/C23H16N6O3/c30-22(29-32)18-12-20(26-21(13-18)27-23(31)19-9-11-25-28-19)17-7-5-15(6-8-17)3-4-16-2-1-10-24-14-16/h1-2,5-14,32H,(H,25,28)(H,29,30)(H,26,27,31). The number of hydrogen-bond acceptors (Lipinski definition) is 6. The normalized spacial score (nSPS) is 10.0. The maximum absolute atomic E-state index is 12.3. The fourth-order valence-electron chi connectivity index (χ4n) is 2.81.